The summed E-state index contributed by atoms with van der Waals surface area (Å²) >= 11 is 6.12. The summed E-state index contributed by atoms with van der Waals surface area (Å²) in [7, 11) is 1.76. The molecule has 1 aromatic heterocycles. The van der Waals surface area contributed by atoms with Crippen LogP contribution in [-0.4, -0.2) is 28.0 Å². The molecule has 0 N–H and O–H groups in total. The molecule has 1 heterocycles. The number of aromatic nitrogens is 3. The Labute approximate surface area is 101 Å². The molecule has 1 aromatic rings. The molecule has 2 atom stereocenters. The molecular weight excluding hydrogens is 226 g/mol. The van der Waals surface area contributed by atoms with Crippen molar-refractivity contribution in [1.82, 2.24) is 14.8 Å². The van der Waals surface area contributed by atoms with Crippen LogP contribution >= 0.6 is 11.6 Å². The van der Waals surface area contributed by atoms with Gasteiger partial charge in [0.15, 0.2) is 0 Å². The molecule has 0 radical (unpaired) electrons. The fourth-order valence-electron chi connectivity index (χ4n) is 2.50. The first kappa shape index (κ1) is 11.9. The van der Waals surface area contributed by atoms with Gasteiger partial charge in [-0.05, 0) is 37.3 Å². The first-order valence-electron chi connectivity index (χ1n) is 5.90. The Morgan fingerprint density at radius 2 is 2.25 bits per heavy atom. The van der Waals surface area contributed by atoms with E-state index in [9.17, 15) is 0 Å². The van der Waals surface area contributed by atoms with E-state index in [-0.39, 0.29) is 6.10 Å². The third-order valence-electron chi connectivity index (χ3n) is 3.25. The van der Waals surface area contributed by atoms with Crippen LogP contribution in [0.2, 0.25) is 5.28 Å². The van der Waals surface area contributed by atoms with E-state index >= 15 is 0 Å². The van der Waals surface area contributed by atoms with E-state index in [1.807, 2.05) is 0 Å². The smallest absolute Gasteiger partial charge is 0.225 e. The highest BCUT2D eigenvalue weighted by Crippen LogP contribution is 2.34. The highest BCUT2D eigenvalue weighted by atomic mass is 35.5. The van der Waals surface area contributed by atoms with Crippen LogP contribution in [0.4, 0.5) is 0 Å². The Morgan fingerprint density at radius 1 is 1.44 bits per heavy atom. The van der Waals surface area contributed by atoms with Gasteiger partial charge in [0.25, 0.3) is 0 Å². The third-order valence-corrected chi connectivity index (χ3v) is 3.51. The Balaban J connectivity index is 2.27. The van der Waals surface area contributed by atoms with E-state index in [1.165, 1.54) is 6.42 Å². The van der Waals surface area contributed by atoms with Gasteiger partial charge < -0.3 is 4.74 Å². The van der Waals surface area contributed by atoms with Crippen molar-refractivity contribution in [3.8, 4) is 0 Å². The molecule has 0 aliphatic heterocycles. The zero-order valence-corrected chi connectivity index (χ0v) is 10.6. The summed E-state index contributed by atoms with van der Waals surface area (Å²) in [4.78, 5) is 0. The topological polar surface area (TPSA) is 39.9 Å². The van der Waals surface area contributed by atoms with Crippen molar-refractivity contribution in [3.63, 3.8) is 0 Å². The van der Waals surface area contributed by atoms with Crippen molar-refractivity contribution < 1.29 is 4.74 Å². The van der Waals surface area contributed by atoms with Gasteiger partial charge in [0, 0.05) is 13.5 Å². The first-order chi connectivity index (χ1) is 7.77. The van der Waals surface area contributed by atoms with Gasteiger partial charge in [0.05, 0.1) is 12.1 Å². The Bertz CT molecular complexity index is 353. The predicted octanol–water partition coefficient (Wildman–Crippen LogP) is 2.62. The minimum Gasteiger partial charge on any atom is -0.379 e. The minimum absolute atomic E-state index is 0.254. The van der Waals surface area contributed by atoms with E-state index in [2.05, 4.69) is 21.7 Å². The molecule has 2 unspecified atom stereocenters. The molecule has 0 aromatic carbocycles. The van der Waals surface area contributed by atoms with Crippen LogP contribution in [0.15, 0.2) is 0 Å². The van der Waals surface area contributed by atoms with Crippen LogP contribution in [0.5, 0.6) is 0 Å². The molecule has 1 saturated carbocycles. The maximum atomic E-state index is 6.12. The number of nitrogens with zero attached hydrogens (tertiary/aromatic N) is 3. The normalized spacial score (nSPS) is 25.2. The SMILES string of the molecule is CCCc1nnc(Cl)n1C1CCCC1OC. The van der Waals surface area contributed by atoms with Crippen LogP contribution < -0.4 is 0 Å². The summed E-state index contributed by atoms with van der Waals surface area (Å²) < 4.78 is 7.56. The lowest BCUT2D eigenvalue weighted by atomic mass is 10.2. The minimum atomic E-state index is 0.254. The summed E-state index contributed by atoms with van der Waals surface area (Å²) in [6, 6.07) is 0.314. The lowest BCUT2D eigenvalue weighted by Gasteiger charge is -2.21. The standard InChI is InChI=1S/C11H18ClN3O/c1-3-5-10-13-14-11(12)15(10)8-6-4-7-9(8)16-2/h8-9H,3-7H2,1-2H3. The monoisotopic (exact) mass is 243 g/mol. The lowest BCUT2D eigenvalue weighted by Crippen LogP contribution is -2.22. The van der Waals surface area contributed by atoms with Gasteiger partial charge in [-0.3, -0.25) is 4.57 Å². The molecule has 16 heavy (non-hydrogen) atoms. The van der Waals surface area contributed by atoms with E-state index in [0.29, 0.717) is 11.3 Å². The van der Waals surface area contributed by atoms with Gasteiger partial charge in [-0.25, -0.2) is 0 Å². The van der Waals surface area contributed by atoms with Gasteiger partial charge in [-0.2, -0.15) is 0 Å². The van der Waals surface area contributed by atoms with Crippen LogP contribution in [0.1, 0.15) is 44.5 Å². The first-order valence-corrected chi connectivity index (χ1v) is 6.27. The van der Waals surface area contributed by atoms with Crippen LogP contribution in [-0.2, 0) is 11.2 Å². The van der Waals surface area contributed by atoms with Crippen molar-refractivity contribution in [2.24, 2.45) is 0 Å². The number of hydrogen-bond donors (Lipinski definition) is 0. The molecular formula is C11H18ClN3O. The molecule has 1 aliphatic carbocycles. The highest BCUT2D eigenvalue weighted by Gasteiger charge is 2.31. The number of halogens is 1. The number of hydrogen-bond acceptors (Lipinski definition) is 3. The summed E-state index contributed by atoms with van der Waals surface area (Å²) in [5.74, 6) is 0.987. The average molecular weight is 244 g/mol. The molecule has 1 aliphatic rings. The molecule has 1 fully saturated rings. The van der Waals surface area contributed by atoms with Gasteiger partial charge in [0.2, 0.25) is 5.28 Å². The zero-order chi connectivity index (χ0) is 11.5. The fourth-order valence-corrected chi connectivity index (χ4v) is 2.76. The molecule has 0 spiro atoms. The number of rotatable bonds is 4. The second-order valence-corrected chi connectivity index (χ2v) is 4.62. The van der Waals surface area contributed by atoms with Crippen LogP contribution in [0.25, 0.3) is 0 Å². The molecule has 0 saturated heterocycles. The molecule has 2 rings (SSSR count). The summed E-state index contributed by atoms with van der Waals surface area (Å²) in [6.07, 6.45) is 5.62. The number of ether oxygens (including phenoxy) is 1. The quantitative estimate of drug-likeness (QED) is 0.816. The van der Waals surface area contributed by atoms with Gasteiger partial charge in [-0.15, -0.1) is 10.2 Å². The second kappa shape index (κ2) is 5.15. The summed E-state index contributed by atoms with van der Waals surface area (Å²) in [6.45, 7) is 2.13. The molecule has 5 heteroatoms. The van der Waals surface area contributed by atoms with Crippen molar-refractivity contribution >= 4 is 11.6 Å². The van der Waals surface area contributed by atoms with Crippen LogP contribution in [0, 0.1) is 0 Å². The molecule has 0 amide bonds. The Morgan fingerprint density at radius 3 is 2.94 bits per heavy atom. The largest absolute Gasteiger partial charge is 0.379 e. The molecule has 4 nitrogen and oxygen atoms in total. The van der Waals surface area contributed by atoms with E-state index in [0.717, 1.165) is 31.5 Å². The summed E-state index contributed by atoms with van der Waals surface area (Å²) in [5, 5.41) is 8.61. The van der Waals surface area contributed by atoms with Crippen molar-refractivity contribution in [3.05, 3.63) is 11.1 Å². The Kier molecular flexibility index (Phi) is 3.82. The van der Waals surface area contributed by atoms with Crippen molar-refractivity contribution in [2.45, 2.75) is 51.2 Å². The van der Waals surface area contributed by atoms with Gasteiger partial charge in [-0.1, -0.05) is 6.92 Å². The predicted molar refractivity (Wildman–Crippen MR) is 62.7 cm³/mol. The average Bonchev–Trinajstić information content (AvgIpc) is 2.85. The maximum Gasteiger partial charge on any atom is 0.225 e. The highest BCUT2D eigenvalue weighted by molar-refractivity contribution is 6.28. The second-order valence-electron chi connectivity index (χ2n) is 4.28. The number of aryl methyl sites for hydroxylation is 1. The van der Waals surface area contributed by atoms with E-state index in [4.69, 9.17) is 16.3 Å². The van der Waals surface area contributed by atoms with Crippen molar-refractivity contribution in [1.29, 1.82) is 0 Å². The fraction of sp³-hybridized carbons (Fsp3) is 0.818. The third kappa shape index (κ3) is 2.09. The molecule has 90 valence electrons. The zero-order valence-electron chi connectivity index (χ0n) is 9.82. The van der Waals surface area contributed by atoms with Crippen LogP contribution in [0.3, 0.4) is 0 Å². The van der Waals surface area contributed by atoms with Crippen molar-refractivity contribution in [2.75, 3.05) is 7.11 Å². The van der Waals surface area contributed by atoms with E-state index < -0.39 is 0 Å². The summed E-state index contributed by atoms with van der Waals surface area (Å²) in [5.41, 5.74) is 0. The van der Waals surface area contributed by atoms with Gasteiger partial charge >= 0.3 is 0 Å². The van der Waals surface area contributed by atoms with E-state index in [1.54, 1.807) is 7.11 Å². The maximum absolute atomic E-state index is 6.12. The Hall–Kier alpha value is -0.610. The molecule has 0 bridgehead atoms. The number of methoxy groups -OCH3 is 1. The van der Waals surface area contributed by atoms with Gasteiger partial charge in [0.1, 0.15) is 5.82 Å². The lowest BCUT2D eigenvalue weighted by molar-refractivity contribution is 0.0740.